The molecular weight excluding hydrogens is 276 g/mol. The van der Waals surface area contributed by atoms with Gasteiger partial charge in [-0.2, -0.15) is 0 Å². The Labute approximate surface area is 143 Å². The average molecular weight is 313 g/mol. The number of hydrogen-bond acceptors (Lipinski definition) is 0. The summed E-state index contributed by atoms with van der Waals surface area (Å²) in [5.41, 5.74) is 2.38. The summed E-state index contributed by atoms with van der Waals surface area (Å²) >= 11 is 0. The molecule has 0 amide bonds. The first-order valence-corrected chi connectivity index (χ1v) is 11.0. The third-order valence-corrected chi connectivity index (χ3v) is 10.5. The Morgan fingerprint density at radius 3 is 1.48 bits per heavy atom. The normalized spacial score (nSPS) is 62.5. The van der Waals surface area contributed by atoms with Gasteiger partial charge < -0.3 is 0 Å². The van der Waals surface area contributed by atoms with Crippen molar-refractivity contribution in [2.75, 3.05) is 0 Å². The van der Waals surface area contributed by atoms with Gasteiger partial charge in [-0.1, -0.05) is 13.8 Å². The van der Waals surface area contributed by atoms with Crippen LogP contribution in [0.15, 0.2) is 0 Å². The molecule has 0 aromatic heterocycles. The summed E-state index contributed by atoms with van der Waals surface area (Å²) in [6.07, 6.45) is 19.6. The van der Waals surface area contributed by atoms with Crippen LogP contribution in [-0.2, 0) is 0 Å². The molecule has 8 fully saturated rings. The van der Waals surface area contributed by atoms with Gasteiger partial charge in [-0.15, -0.1) is 0 Å². The smallest absolute Gasteiger partial charge is 0.0230 e. The molecule has 0 heterocycles. The van der Waals surface area contributed by atoms with Gasteiger partial charge in [0, 0.05) is 0 Å². The largest absolute Gasteiger partial charge is 0.0622 e. The van der Waals surface area contributed by atoms with Crippen molar-refractivity contribution in [2.24, 2.45) is 51.8 Å². The zero-order valence-corrected chi connectivity index (χ0v) is 15.4. The Morgan fingerprint density at radius 1 is 0.565 bits per heavy atom. The highest BCUT2D eigenvalue weighted by Gasteiger charge is 2.67. The van der Waals surface area contributed by atoms with Crippen molar-refractivity contribution < 1.29 is 0 Å². The van der Waals surface area contributed by atoms with E-state index in [1.807, 2.05) is 0 Å². The number of rotatable bonds is 2. The second-order valence-corrected chi connectivity index (χ2v) is 12.0. The highest BCUT2D eigenvalue weighted by atomic mass is 14.7. The molecule has 8 rings (SSSR count). The van der Waals surface area contributed by atoms with Crippen LogP contribution < -0.4 is 0 Å². The van der Waals surface area contributed by atoms with Crippen molar-refractivity contribution in [3.8, 4) is 0 Å². The Bertz CT molecular complexity index is 477. The maximum Gasteiger partial charge on any atom is -0.0230 e. The second-order valence-electron chi connectivity index (χ2n) is 12.0. The predicted molar refractivity (Wildman–Crippen MR) is 95.0 cm³/mol. The molecule has 8 saturated carbocycles. The Hall–Kier alpha value is 0. The summed E-state index contributed by atoms with van der Waals surface area (Å²) < 4.78 is 0. The van der Waals surface area contributed by atoms with Gasteiger partial charge in [-0.25, -0.2) is 0 Å². The number of hydrogen-bond donors (Lipinski definition) is 0. The highest BCUT2D eigenvalue weighted by molar-refractivity contribution is 5.17. The van der Waals surface area contributed by atoms with Crippen LogP contribution in [-0.4, -0.2) is 0 Å². The van der Waals surface area contributed by atoms with Crippen molar-refractivity contribution in [2.45, 2.75) is 90.9 Å². The third-order valence-electron chi connectivity index (χ3n) is 10.5. The van der Waals surface area contributed by atoms with Gasteiger partial charge in [-0.3, -0.25) is 0 Å². The summed E-state index contributed by atoms with van der Waals surface area (Å²) in [6, 6.07) is 0. The van der Waals surface area contributed by atoms with Crippen molar-refractivity contribution >= 4 is 0 Å². The Balaban J connectivity index is 1.44. The van der Waals surface area contributed by atoms with E-state index in [1.165, 1.54) is 0 Å². The molecule has 2 unspecified atom stereocenters. The molecule has 8 bridgehead atoms. The molecule has 23 heavy (non-hydrogen) atoms. The van der Waals surface area contributed by atoms with Crippen LogP contribution in [0.5, 0.6) is 0 Å². The lowest BCUT2D eigenvalue weighted by molar-refractivity contribution is -0.229. The zero-order valence-electron chi connectivity index (χ0n) is 15.4. The molecule has 0 aromatic rings. The SMILES string of the molecule is CC(C)C12CC3CC(C1)CC(C14CC5CC(CC(C5)C1)C4)(C3)C2. The average Bonchev–Trinajstić information content (AvgIpc) is 2.44. The van der Waals surface area contributed by atoms with Crippen LogP contribution in [0.2, 0.25) is 0 Å². The summed E-state index contributed by atoms with van der Waals surface area (Å²) in [5.74, 6) is 6.60. The Kier molecular flexibility index (Phi) is 2.60. The summed E-state index contributed by atoms with van der Waals surface area (Å²) in [5, 5.41) is 0. The van der Waals surface area contributed by atoms with E-state index in [2.05, 4.69) is 13.8 Å². The van der Waals surface area contributed by atoms with E-state index in [0.717, 1.165) is 51.8 Å². The van der Waals surface area contributed by atoms with Crippen LogP contribution in [0.25, 0.3) is 0 Å². The monoisotopic (exact) mass is 312 g/mol. The van der Waals surface area contributed by atoms with E-state index in [-0.39, 0.29) is 0 Å². The zero-order chi connectivity index (χ0) is 15.4. The second kappa shape index (κ2) is 4.21. The molecule has 0 saturated heterocycles. The van der Waals surface area contributed by atoms with Gasteiger partial charge in [0.25, 0.3) is 0 Å². The molecule has 0 spiro atoms. The van der Waals surface area contributed by atoms with E-state index in [9.17, 15) is 0 Å². The molecule has 0 N–H and O–H groups in total. The van der Waals surface area contributed by atoms with Crippen LogP contribution >= 0.6 is 0 Å². The van der Waals surface area contributed by atoms with Crippen molar-refractivity contribution in [3.05, 3.63) is 0 Å². The Morgan fingerprint density at radius 2 is 1.00 bits per heavy atom. The molecular formula is C23H36. The molecule has 0 nitrogen and oxygen atoms in total. The maximum atomic E-state index is 2.57. The lowest BCUT2D eigenvalue weighted by Crippen LogP contribution is -2.63. The standard InChI is InChI=1S/C23H36/c1-15(2)21-7-19-6-20(8-21)13-23(12-19,14-21)22-9-16-3-17(10-22)5-18(4-16)11-22/h15-20H,3-14H2,1-2H3. The van der Waals surface area contributed by atoms with Crippen molar-refractivity contribution in [3.63, 3.8) is 0 Å². The van der Waals surface area contributed by atoms with Crippen LogP contribution in [0, 0.1) is 51.8 Å². The van der Waals surface area contributed by atoms with Crippen LogP contribution in [0.4, 0.5) is 0 Å². The van der Waals surface area contributed by atoms with Crippen LogP contribution in [0.3, 0.4) is 0 Å². The fraction of sp³-hybridized carbons (Fsp3) is 1.00. The van der Waals surface area contributed by atoms with Crippen molar-refractivity contribution in [1.29, 1.82) is 0 Å². The quantitative estimate of drug-likeness (QED) is 0.550. The van der Waals surface area contributed by atoms with E-state index in [0.29, 0.717) is 0 Å². The summed E-state index contributed by atoms with van der Waals surface area (Å²) in [6.45, 7) is 5.14. The van der Waals surface area contributed by atoms with Gasteiger partial charge in [0.15, 0.2) is 0 Å². The summed E-state index contributed by atoms with van der Waals surface area (Å²) in [7, 11) is 0. The lowest BCUT2D eigenvalue weighted by atomic mass is 9.32. The fourth-order valence-corrected chi connectivity index (χ4v) is 10.4. The first-order chi connectivity index (χ1) is 11.0. The molecule has 0 aromatic carbocycles. The van der Waals surface area contributed by atoms with Gasteiger partial charge >= 0.3 is 0 Å². The third kappa shape index (κ3) is 1.70. The molecule has 0 heteroatoms. The molecule has 8 aliphatic rings. The van der Waals surface area contributed by atoms with Crippen molar-refractivity contribution in [1.82, 2.24) is 0 Å². The minimum atomic E-state index is 0.757. The molecule has 0 radical (unpaired) electrons. The summed E-state index contributed by atoms with van der Waals surface area (Å²) in [4.78, 5) is 0. The van der Waals surface area contributed by atoms with Gasteiger partial charge in [0.1, 0.15) is 0 Å². The fourth-order valence-electron chi connectivity index (χ4n) is 10.4. The van der Waals surface area contributed by atoms with Crippen LogP contribution in [0.1, 0.15) is 90.9 Å². The first-order valence-electron chi connectivity index (χ1n) is 11.0. The molecule has 8 aliphatic carbocycles. The van der Waals surface area contributed by atoms with E-state index in [1.54, 1.807) is 77.0 Å². The topological polar surface area (TPSA) is 0 Å². The van der Waals surface area contributed by atoms with Gasteiger partial charge in [0.2, 0.25) is 0 Å². The molecule has 0 aliphatic heterocycles. The minimum absolute atomic E-state index is 0.757. The van der Waals surface area contributed by atoms with Gasteiger partial charge in [0.05, 0.1) is 0 Å². The first kappa shape index (κ1) is 14.2. The molecule has 128 valence electrons. The van der Waals surface area contributed by atoms with E-state index < -0.39 is 0 Å². The lowest BCUT2D eigenvalue weighted by Gasteiger charge is -2.73. The minimum Gasteiger partial charge on any atom is -0.0622 e. The van der Waals surface area contributed by atoms with E-state index in [4.69, 9.17) is 0 Å². The highest BCUT2D eigenvalue weighted by Crippen LogP contribution is 2.77. The van der Waals surface area contributed by atoms with E-state index >= 15 is 0 Å². The van der Waals surface area contributed by atoms with Gasteiger partial charge in [-0.05, 0) is 129 Å². The predicted octanol–water partition coefficient (Wildman–Crippen LogP) is 6.45. The maximum absolute atomic E-state index is 2.57. The molecule has 2 atom stereocenters.